The van der Waals surface area contributed by atoms with E-state index in [0.29, 0.717) is 18.5 Å². The van der Waals surface area contributed by atoms with Gasteiger partial charge in [0.1, 0.15) is 11.6 Å². The lowest BCUT2D eigenvalue weighted by Gasteiger charge is -2.13. The van der Waals surface area contributed by atoms with E-state index in [1.165, 1.54) is 12.1 Å². The molecule has 0 saturated heterocycles. The van der Waals surface area contributed by atoms with Crippen LogP contribution < -0.4 is 11.5 Å². The Kier molecular flexibility index (Phi) is 3.86. The Morgan fingerprint density at radius 2 is 2.14 bits per heavy atom. The summed E-state index contributed by atoms with van der Waals surface area (Å²) >= 11 is 2.94. The smallest absolute Gasteiger partial charge is 0.141 e. The average Bonchev–Trinajstić information content (AvgIpc) is 2.15. The molecule has 0 heterocycles. The Morgan fingerprint density at radius 3 is 2.71 bits per heavy atom. The van der Waals surface area contributed by atoms with Crippen molar-refractivity contribution in [1.29, 1.82) is 0 Å². The molecule has 1 atom stereocenters. The number of hydrogen-bond donors (Lipinski definition) is 3. The molecular weight excluding hydrogens is 251 g/mol. The van der Waals surface area contributed by atoms with Gasteiger partial charge in [0.25, 0.3) is 0 Å². The van der Waals surface area contributed by atoms with Gasteiger partial charge in [0, 0.05) is 11.6 Å². The molecule has 1 rings (SSSR count). The van der Waals surface area contributed by atoms with E-state index in [1.54, 1.807) is 0 Å². The third-order valence-corrected chi connectivity index (χ3v) is 2.73. The minimum Gasteiger partial charge on any atom is -0.506 e. The standard InChI is InChI=1S/C9H12BrFN2O/c10-8-6(11)2-1-5(9(8)14)7(13)3-4-12/h1-2,7,14H,3-4,12-13H2/t7-/m0/s1. The third kappa shape index (κ3) is 2.23. The fourth-order valence-corrected chi connectivity index (χ4v) is 1.55. The van der Waals surface area contributed by atoms with E-state index in [1.807, 2.05) is 0 Å². The second-order valence-electron chi connectivity index (χ2n) is 2.98. The molecule has 78 valence electrons. The lowest BCUT2D eigenvalue weighted by atomic mass is 10.0. The molecule has 5 N–H and O–H groups in total. The summed E-state index contributed by atoms with van der Waals surface area (Å²) in [5, 5.41) is 9.57. The molecule has 0 amide bonds. The predicted molar refractivity (Wildman–Crippen MR) is 56.4 cm³/mol. The number of nitrogens with two attached hydrogens (primary N) is 2. The van der Waals surface area contributed by atoms with Gasteiger partial charge in [-0.25, -0.2) is 4.39 Å². The highest BCUT2D eigenvalue weighted by atomic mass is 79.9. The first-order valence-corrected chi connectivity index (χ1v) is 4.99. The van der Waals surface area contributed by atoms with Crippen LogP contribution in [0.5, 0.6) is 5.75 Å². The van der Waals surface area contributed by atoms with Crippen LogP contribution in [0, 0.1) is 5.82 Å². The molecule has 3 nitrogen and oxygen atoms in total. The van der Waals surface area contributed by atoms with Crippen molar-refractivity contribution in [2.45, 2.75) is 12.5 Å². The molecule has 0 aliphatic rings. The minimum atomic E-state index is -0.508. The molecule has 1 aromatic rings. The van der Waals surface area contributed by atoms with Gasteiger partial charge in [-0.2, -0.15) is 0 Å². The molecule has 0 spiro atoms. The molecule has 0 aromatic heterocycles. The normalized spacial score (nSPS) is 12.9. The fourth-order valence-electron chi connectivity index (χ4n) is 1.19. The number of phenolic OH excluding ortho intramolecular Hbond substituents is 1. The first-order valence-electron chi connectivity index (χ1n) is 4.20. The van der Waals surface area contributed by atoms with Crippen LogP contribution in [0.4, 0.5) is 4.39 Å². The maximum atomic E-state index is 12.9. The van der Waals surface area contributed by atoms with Crippen molar-refractivity contribution in [3.63, 3.8) is 0 Å². The third-order valence-electron chi connectivity index (χ3n) is 1.98. The average molecular weight is 263 g/mol. The summed E-state index contributed by atoms with van der Waals surface area (Å²) in [5.74, 6) is -0.655. The van der Waals surface area contributed by atoms with E-state index >= 15 is 0 Å². The number of rotatable bonds is 3. The number of hydrogen-bond acceptors (Lipinski definition) is 3. The van der Waals surface area contributed by atoms with Crippen LogP contribution in [0.3, 0.4) is 0 Å². The quantitative estimate of drug-likeness (QED) is 0.776. The fraction of sp³-hybridized carbons (Fsp3) is 0.333. The van der Waals surface area contributed by atoms with Gasteiger partial charge in [-0.1, -0.05) is 6.07 Å². The van der Waals surface area contributed by atoms with Crippen molar-refractivity contribution in [2.24, 2.45) is 11.5 Å². The maximum Gasteiger partial charge on any atom is 0.141 e. The zero-order valence-corrected chi connectivity index (χ0v) is 9.09. The van der Waals surface area contributed by atoms with Gasteiger partial charge >= 0.3 is 0 Å². The molecule has 0 unspecified atom stereocenters. The monoisotopic (exact) mass is 262 g/mol. The predicted octanol–water partition coefficient (Wildman–Crippen LogP) is 1.64. The van der Waals surface area contributed by atoms with E-state index in [-0.39, 0.29) is 16.3 Å². The van der Waals surface area contributed by atoms with Crippen molar-refractivity contribution in [3.8, 4) is 5.75 Å². The molecule has 14 heavy (non-hydrogen) atoms. The van der Waals surface area contributed by atoms with Crippen molar-refractivity contribution in [1.82, 2.24) is 0 Å². The lowest BCUT2D eigenvalue weighted by molar-refractivity contribution is 0.448. The number of halogens is 2. The summed E-state index contributed by atoms with van der Waals surface area (Å²) in [6.07, 6.45) is 0.547. The molecule has 0 bridgehead atoms. The van der Waals surface area contributed by atoms with Crippen LogP contribution in [0.1, 0.15) is 18.0 Å². The van der Waals surface area contributed by atoms with Gasteiger partial charge in [-0.3, -0.25) is 0 Å². The highest BCUT2D eigenvalue weighted by Crippen LogP contribution is 2.33. The molecule has 5 heteroatoms. The summed E-state index contributed by atoms with van der Waals surface area (Å²) in [5.41, 5.74) is 11.6. The molecule has 0 aliphatic carbocycles. The highest BCUT2D eigenvalue weighted by molar-refractivity contribution is 9.10. The van der Waals surface area contributed by atoms with E-state index in [0.717, 1.165) is 0 Å². The van der Waals surface area contributed by atoms with Crippen molar-refractivity contribution < 1.29 is 9.50 Å². The van der Waals surface area contributed by atoms with Crippen molar-refractivity contribution in [2.75, 3.05) is 6.54 Å². The van der Waals surface area contributed by atoms with Crippen molar-refractivity contribution >= 4 is 15.9 Å². The Morgan fingerprint density at radius 1 is 1.50 bits per heavy atom. The number of aromatic hydroxyl groups is 1. The first kappa shape index (κ1) is 11.4. The molecule has 0 aliphatic heterocycles. The summed E-state index contributed by atoms with van der Waals surface area (Å²) in [4.78, 5) is 0. The maximum absolute atomic E-state index is 12.9. The van der Waals surface area contributed by atoms with Crippen molar-refractivity contribution in [3.05, 3.63) is 28.0 Å². The van der Waals surface area contributed by atoms with E-state index < -0.39 is 5.82 Å². The van der Waals surface area contributed by atoms with Gasteiger partial charge in [0.05, 0.1) is 4.47 Å². The van der Waals surface area contributed by atoms with E-state index in [4.69, 9.17) is 11.5 Å². The first-order chi connectivity index (χ1) is 6.57. The van der Waals surface area contributed by atoms with Gasteiger partial charge in [-0.15, -0.1) is 0 Å². The zero-order valence-electron chi connectivity index (χ0n) is 7.50. The molecular formula is C9H12BrFN2O. The van der Waals surface area contributed by atoms with E-state index in [2.05, 4.69) is 15.9 Å². The Labute approximate surface area is 90.0 Å². The summed E-state index contributed by atoms with van der Waals surface area (Å²) in [7, 11) is 0. The number of phenols is 1. The summed E-state index contributed by atoms with van der Waals surface area (Å²) in [6, 6.07) is 2.36. The van der Waals surface area contributed by atoms with E-state index in [9.17, 15) is 9.50 Å². The molecule has 1 aromatic carbocycles. The SMILES string of the molecule is NCC[C@H](N)c1ccc(F)c(Br)c1O. The van der Waals surface area contributed by atoms with Crippen LogP contribution in [0.2, 0.25) is 0 Å². The van der Waals surface area contributed by atoms with Gasteiger partial charge in [0.2, 0.25) is 0 Å². The van der Waals surface area contributed by atoms with Crippen LogP contribution in [0.15, 0.2) is 16.6 Å². The van der Waals surface area contributed by atoms with Crippen LogP contribution in [-0.4, -0.2) is 11.7 Å². The Balaban J connectivity index is 3.04. The summed E-state index contributed by atoms with van der Waals surface area (Å²) in [6.45, 7) is 0.426. The van der Waals surface area contributed by atoms with Crippen LogP contribution >= 0.6 is 15.9 Å². The number of benzene rings is 1. The Hall–Kier alpha value is -0.650. The van der Waals surface area contributed by atoms with Gasteiger partial charge < -0.3 is 16.6 Å². The van der Waals surface area contributed by atoms with Crippen LogP contribution in [0.25, 0.3) is 0 Å². The largest absolute Gasteiger partial charge is 0.506 e. The van der Waals surface area contributed by atoms with Gasteiger partial charge in [-0.05, 0) is 35.0 Å². The van der Waals surface area contributed by atoms with Crippen LogP contribution in [-0.2, 0) is 0 Å². The molecule has 0 fully saturated rings. The second-order valence-corrected chi connectivity index (χ2v) is 3.78. The lowest BCUT2D eigenvalue weighted by Crippen LogP contribution is -2.15. The summed E-state index contributed by atoms with van der Waals surface area (Å²) < 4.78 is 13.0. The zero-order chi connectivity index (χ0) is 10.7. The highest BCUT2D eigenvalue weighted by Gasteiger charge is 2.15. The Bertz CT molecular complexity index is 333. The van der Waals surface area contributed by atoms with Gasteiger partial charge in [0.15, 0.2) is 0 Å². The molecule has 0 radical (unpaired) electrons. The molecule has 0 saturated carbocycles. The minimum absolute atomic E-state index is 0.0440. The second kappa shape index (κ2) is 4.72. The topological polar surface area (TPSA) is 72.3 Å².